The first-order valence-electron chi connectivity index (χ1n) is 3.90. The van der Waals surface area contributed by atoms with Crippen LogP contribution in [0.4, 0.5) is 0 Å². The predicted molar refractivity (Wildman–Crippen MR) is 48.6 cm³/mol. The molecule has 13 heavy (non-hydrogen) atoms. The van der Waals surface area contributed by atoms with Crippen molar-refractivity contribution in [3.8, 4) is 0 Å². The van der Waals surface area contributed by atoms with Gasteiger partial charge in [0.25, 0.3) is 0 Å². The molecule has 5 heteroatoms. The molecule has 0 bridgehead atoms. The topological polar surface area (TPSA) is 66.5 Å². The van der Waals surface area contributed by atoms with E-state index in [1.165, 1.54) is 0 Å². The molecular weight excluding hydrogens is 169 g/mol. The van der Waals surface area contributed by atoms with Gasteiger partial charge in [-0.2, -0.15) is 0 Å². The lowest BCUT2D eigenvalue weighted by atomic mass is 9.80. The predicted octanol–water partition coefficient (Wildman–Crippen LogP) is -0.184. The molecule has 0 unspecified atom stereocenters. The summed E-state index contributed by atoms with van der Waals surface area (Å²) in [6.07, 6.45) is 0. The quantitative estimate of drug-likeness (QED) is 0.592. The summed E-state index contributed by atoms with van der Waals surface area (Å²) >= 11 is 0. The van der Waals surface area contributed by atoms with Gasteiger partial charge in [-0.3, -0.25) is 0 Å². The van der Waals surface area contributed by atoms with Crippen molar-refractivity contribution in [2.24, 2.45) is 0 Å². The molecule has 0 saturated carbocycles. The highest BCUT2D eigenvalue weighted by Crippen LogP contribution is 2.15. The van der Waals surface area contributed by atoms with Crippen LogP contribution < -0.4 is 5.46 Å². The molecule has 1 aromatic heterocycles. The molecule has 0 amide bonds. The van der Waals surface area contributed by atoms with Crippen LogP contribution in [-0.2, 0) is 0 Å². The second-order valence-electron chi connectivity index (χ2n) is 2.90. The van der Waals surface area contributed by atoms with Gasteiger partial charge in [0.1, 0.15) is 0 Å². The number of rotatable bonds is 1. The Morgan fingerprint density at radius 3 is 2.85 bits per heavy atom. The number of aryl methyl sites for hydroxylation is 1. The third-order valence-corrected chi connectivity index (χ3v) is 1.97. The minimum Gasteiger partial charge on any atom is -0.423 e. The number of aromatic nitrogens is 1. The van der Waals surface area contributed by atoms with E-state index >= 15 is 0 Å². The van der Waals surface area contributed by atoms with E-state index in [0.717, 1.165) is 11.1 Å². The Balaban J connectivity index is 2.63. The van der Waals surface area contributed by atoms with Crippen LogP contribution in [0.15, 0.2) is 22.7 Å². The maximum absolute atomic E-state index is 8.88. The van der Waals surface area contributed by atoms with Gasteiger partial charge in [-0.1, -0.05) is 11.2 Å². The molecule has 0 spiro atoms. The molecule has 2 rings (SSSR count). The van der Waals surface area contributed by atoms with Crippen molar-refractivity contribution < 1.29 is 14.6 Å². The van der Waals surface area contributed by atoms with Crippen LogP contribution in [0.2, 0.25) is 0 Å². The minimum atomic E-state index is -1.46. The van der Waals surface area contributed by atoms with Gasteiger partial charge < -0.3 is 14.6 Å². The summed E-state index contributed by atoms with van der Waals surface area (Å²) in [6.45, 7) is 1.83. The molecule has 0 radical (unpaired) electrons. The molecule has 4 nitrogen and oxygen atoms in total. The number of hydrogen-bond acceptors (Lipinski definition) is 4. The highest BCUT2D eigenvalue weighted by Gasteiger charge is 2.13. The molecule has 1 heterocycles. The number of hydrogen-bond donors (Lipinski definition) is 2. The lowest BCUT2D eigenvalue weighted by Crippen LogP contribution is -2.29. The number of benzene rings is 1. The minimum absolute atomic E-state index is 0.406. The van der Waals surface area contributed by atoms with Crippen molar-refractivity contribution in [3.63, 3.8) is 0 Å². The van der Waals surface area contributed by atoms with Crippen LogP contribution in [0, 0.1) is 6.92 Å². The second kappa shape index (κ2) is 2.87. The second-order valence-corrected chi connectivity index (χ2v) is 2.90. The van der Waals surface area contributed by atoms with E-state index in [-0.39, 0.29) is 0 Å². The Morgan fingerprint density at radius 1 is 1.38 bits per heavy atom. The number of nitrogens with zero attached hydrogens (tertiary/aromatic N) is 1. The van der Waals surface area contributed by atoms with Gasteiger partial charge in [-0.05, 0) is 24.5 Å². The van der Waals surface area contributed by atoms with E-state index < -0.39 is 7.12 Å². The standard InChI is InChI=1S/C8H8BNO3/c1-5-7-3-2-6(9(11)12)4-8(7)13-10-5/h2-4,11-12H,1H3. The summed E-state index contributed by atoms with van der Waals surface area (Å²) in [5.74, 6) is 0. The monoisotopic (exact) mass is 177 g/mol. The zero-order valence-corrected chi connectivity index (χ0v) is 7.06. The Kier molecular flexibility index (Phi) is 1.83. The molecule has 1 aromatic carbocycles. The van der Waals surface area contributed by atoms with E-state index in [9.17, 15) is 0 Å². The molecule has 0 aliphatic heterocycles. The Bertz CT molecular complexity index is 438. The van der Waals surface area contributed by atoms with Crippen LogP contribution in [0.25, 0.3) is 11.0 Å². The summed E-state index contributed by atoms with van der Waals surface area (Å²) in [7, 11) is -1.46. The zero-order valence-electron chi connectivity index (χ0n) is 7.06. The van der Waals surface area contributed by atoms with Gasteiger partial charge in [0.05, 0.1) is 5.69 Å². The molecule has 66 valence electrons. The average Bonchev–Trinajstić information content (AvgIpc) is 2.47. The van der Waals surface area contributed by atoms with Crippen molar-refractivity contribution in [2.75, 3.05) is 0 Å². The van der Waals surface area contributed by atoms with Crippen LogP contribution in [0.3, 0.4) is 0 Å². The molecule has 0 fully saturated rings. The Labute approximate surface area is 74.9 Å². The highest BCUT2D eigenvalue weighted by atomic mass is 16.5. The normalized spacial score (nSPS) is 10.7. The van der Waals surface area contributed by atoms with Crippen LogP contribution in [0.1, 0.15) is 5.69 Å². The average molecular weight is 177 g/mol. The summed E-state index contributed by atoms with van der Waals surface area (Å²) in [6, 6.07) is 4.97. The molecule has 2 aromatic rings. The van der Waals surface area contributed by atoms with Crippen LogP contribution >= 0.6 is 0 Å². The van der Waals surface area contributed by atoms with Crippen molar-refractivity contribution >= 4 is 23.6 Å². The zero-order chi connectivity index (χ0) is 9.42. The van der Waals surface area contributed by atoms with E-state index in [4.69, 9.17) is 14.6 Å². The molecule has 0 aliphatic carbocycles. The van der Waals surface area contributed by atoms with E-state index in [0.29, 0.717) is 11.0 Å². The van der Waals surface area contributed by atoms with Crippen LogP contribution in [-0.4, -0.2) is 22.3 Å². The summed E-state index contributed by atoms with van der Waals surface area (Å²) < 4.78 is 4.97. The fourth-order valence-electron chi connectivity index (χ4n) is 1.24. The van der Waals surface area contributed by atoms with Gasteiger partial charge in [0.2, 0.25) is 0 Å². The van der Waals surface area contributed by atoms with Crippen molar-refractivity contribution in [2.45, 2.75) is 6.92 Å². The van der Waals surface area contributed by atoms with Gasteiger partial charge in [0.15, 0.2) is 5.58 Å². The molecule has 0 saturated heterocycles. The molecule has 2 N–H and O–H groups in total. The van der Waals surface area contributed by atoms with E-state index in [2.05, 4.69) is 5.16 Å². The van der Waals surface area contributed by atoms with E-state index in [1.54, 1.807) is 18.2 Å². The van der Waals surface area contributed by atoms with Gasteiger partial charge in [-0.25, -0.2) is 0 Å². The van der Waals surface area contributed by atoms with Gasteiger partial charge in [0, 0.05) is 5.39 Å². The number of fused-ring (bicyclic) bond motifs is 1. The lowest BCUT2D eigenvalue weighted by Gasteiger charge is -1.96. The summed E-state index contributed by atoms with van der Waals surface area (Å²) in [5.41, 5.74) is 1.78. The first-order valence-corrected chi connectivity index (χ1v) is 3.90. The highest BCUT2D eigenvalue weighted by molar-refractivity contribution is 6.58. The Morgan fingerprint density at radius 2 is 2.15 bits per heavy atom. The summed E-state index contributed by atoms with van der Waals surface area (Å²) in [5, 5.41) is 22.4. The smallest absolute Gasteiger partial charge is 0.423 e. The summed E-state index contributed by atoms with van der Waals surface area (Å²) in [4.78, 5) is 0. The third-order valence-electron chi connectivity index (χ3n) is 1.97. The van der Waals surface area contributed by atoms with Crippen molar-refractivity contribution in [3.05, 3.63) is 23.9 Å². The van der Waals surface area contributed by atoms with Crippen molar-refractivity contribution in [1.82, 2.24) is 5.16 Å². The maximum Gasteiger partial charge on any atom is 0.488 e. The van der Waals surface area contributed by atoms with Gasteiger partial charge >= 0.3 is 7.12 Å². The SMILES string of the molecule is Cc1noc2cc(B(O)O)ccc12. The first-order chi connectivity index (χ1) is 6.18. The fourth-order valence-corrected chi connectivity index (χ4v) is 1.24. The molecule has 0 aliphatic rings. The maximum atomic E-state index is 8.88. The largest absolute Gasteiger partial charge is 0.488 e. The van der Waals surface area contributed by atoms with Crippen LogP contribution in [0.5, 0.6) is 0 Å². The molecule has 0 atom stereocenters. The van der Waals surface area contributed by atoms with E-state index in [1.807, 2.05) is 6.92 Å². The van der Waals surface area contributed by atoms with Gasteiger partial charge in [-0.15, -0.1) is 0 Å². The third kappa shape index (κ3) is 1.32. The lowest BCUT2D eigenvalue weighted by molar-refractivity contribution is 0.425. The first kappa shape index (κ1) is 8.28. The Hall–Kier alpha value is -1.33. The fraction of sp³-hybridized carbons (Fsp3) is 0.125. The van der Waals surface area contributed by atoms with Crippen molar-refractivity contribution in [1.29, 1.82) is 0 Å². The molecular formula is C8H8BNO3.